The smallest absolute Gasteiger partial charge is 0.243 e. The molecule has 109 valence electrons. The van der Waals surface area contributed by atoms with Crippen molar-refractivity contribution in [3.63, 3.8) is 0 Å². The average Bonchev–Trinajstić information content (AvgIpc) is 2.95. The fourth-order valence-electron chi connectivity index (χ4n) is 2.26. The average molecular weight is 298 g/mol. The zero-order valence-corrected chi connectivity index (χ0v) is 12.1. The lowest BCUT2D eigenvalue weighted by Crippen LogP contribution is -2.36. The van der Waals surface area contributed by atoms with Gasteiger partial charge in [0.05, 0.1) is 25.2 Å². The molecule has 0 unspecified atom stereocenters. The van der Waals surface area contributed by atoms with Crippen molar-refractivity contribution in [2.24, 2.45) is 0 Å². The van der Waals surface area contributed by atoms with E-state index in [1.807, 2.05) is 0 Å². The van der Waals surface area contributed by atoms with Crippen molar-refractivity contribution >= 4 is 16.3 Å². The molecule has 0 saturated carbocycles. The van der Waals surface area contributed by atoms with Gasteiger partial charge in [-0.25, -0.2) is 8.42 Å². The molecule has 0 bridgehead atoms. The zero-order valence-electron chi connectivity index (χ0n) is 11.3. The molecular weight excluding hydrogens is 282 g/mol. The summed E-state index contributed by atoms with van der Waals surface area (Å²) in [7, 11) is -0.810. The Bertz CT molecular complexity index is 599. The highest BCUT2D eigenvalue weighted by Gasteiger charge is 2.36. The van der Waals surface area contributed by atoms with Crippen molar-refractivity contribution in [2.75, 3.05) is 20.8 Å². The van der Waals surface area contributed by atoms with Gasteiger partial charge in [0.2, 0.25) is 16.3 Å². The second kappa shape index (κ2) is 5.80. The van der Waals surface area contributed by atoms with Gasteiger partial charge in [0.25, 0.3) is 0 Å². The van der Waals surface area contributed by atoms with Gasteiger partial charge in [-0.05, 0) is 25.0 Å². The quantitative estimate of drug-likeness (QED) is 0.810. The number of benzene rings is 1. The first-order valence-electron chi connectivity index (χ1n) is 6.16. The van der Waals surface area contributed by atoms with Crippen LogP contribution in [-0.4, -0.2) is 45.8 Å². The van der Waals surface area contributed by atoms with E-state index in [-0.39, 0.29) is 4.90 Å². The summed E-state index contributed by atoms with van der Waals surface area (Å²) >= 11 is 0. The van der Waals surface area contributed by atoms with Crippen molar-refractivity contribution in [1.29, 1.82) is 0 Å². The molecule has 1 fully saturated rings. The van der Waals surface area contributed by atoms with Crippen molar-refractivity contribution in [3.8, 4) is 11.5 Å². The van der Waals surface area contributed by atoms with Crippen LogP contribution in [0.5, 0.6) is 11.5 Å². The van der Waals surface area contributed by atoms with E-state index in [1.54, 1.807) is 6.29 Å². The number of sulfonamides is 1. The molecule has 1 saturated heterocycles. The third-order valence-corrected chi connectivity index (χ3v) is 5.21. The summed E-state index contributed by atoms with van der Waals surface area (Å²) in [5.74, 6) is 0.783. The third-order valence-electron chi connectivity index (χ3n) is 3.30. The maximum atomic E-state index is 12.5. The van der Waals surface area contributed by atoms with E-state index in [9.17, 15) is 13.2 Å². The molecule has 6 nitrogen and oxygen atoms in total. The van der Waals surface area contributed by atoms with Gasteiger partial charge in [-0.1, -0.05) is 0 Å². The van der Waals surface area contributed by atoms with Crippen LogP contribution in [0.2, 0.25) is 0 Å². The van der Waals surface area contributed by atoms with E-state index in [4.69, 9.17) is 9.47 Å². The van der Waals surface area contributed by atoms with Crippen LogP contribution >= 0.6 is 0 Å². The van der Waals surface area contributed by atoms with Crippen LogP contribution in [0.25, 0.3) is 0 Å². The number of nitrogens with zero attached hydrogens (tertiary/aromatic N) is 1. The van der Waals surface area contributed by atoms with Crippen LogP contribution in [0.3, 0.4) is 0 Å². The van der Waals surface area contributed by atoms with Gasteiger partial charge in [-0.2, -0.15) is 4.31 Å². The molecule has 0 amide bonds. The first-order chi connectivity index (χ1) is 9.54. The molecule has 0 spiro atoms. The standard InChI is InChI=1S/C13H16NO5S/c1-18-12-6-5-11(8-13(12)19-2)20(16,17)14-7-3-4-10(14)9-15/h5-6,8,10H,3-4,7H2,1-2H3/t10-/m0/s1. The molecule has 1 radical (unpaired) electrons. The monoisotopic (exact) mass is 298 g/mol. The fourth-order valence-corrected chi connectivity index (χ4v) is 3.88. The lowest BCUT2D eigenvalue weighted by Gasteiger charge is -2.20. The van der Waals surface area contributed by atoms with Gasteiger partial charge in [0.1, 0.15) is 0 Å². The van der Waals surface area contributed by atoms with Crippen molar-refractivity contribution < 1.29 is 22.7 Å². The van der Waals surface area contributed by atoms with E-state index in [2.05, 4.69) is 0 Å². The Labute approximate surface area is 118 Å². The topological polar surface area (TPSA) is 72.9 Å². The number of ether oxygens (including phenoxy) is 2. The van der Waals surface area contributed by atoms with Crippen LogP contribution < -0.4 is 9.47 Å². The van der Waals surface area contributed by atoms with Gasteiger partial charge < -0.3 is 9.47 Å². The normalized spacial score (nSPS) is 19.8. The first-order valence-corrected chi connectivity index (χ1v) is 7.60. The molecule has 7 heteroatoms. The van der Waals surface area contributed by atoms with Crippen molar-refractivity contribution in [3.05, 3.63) is 18.2 Å². The van der Waals surface area contributed by atoms with Gasteiger partial charge in [0.15, 0.2) is 11.5 Å². The second-order valence-corrected chi connectivity index (χ2v) is 6.30. The number of rotatable bonds is 5. The second-order valence-electron chi connectivity index (χ2n) is 4.41. The number of carbonyl (C=O) groups excluding carboxylic acids is 1. The molecule has 1 aromatic rings. The highest BCUT2D eigenvalue weighted by Crippen LogP contribution is 2.32. The molecule has 0 N–H and O–H groups in total. The minimum atomic E-state index is -3.72. The zero-order chi connectivity index (χ0) is 14.8. The molecule has 0 aliphatic carbocycles. The maximum absolute atomic E-state index is 12.5. The van der Waals surface area contributed by atoms with Gasteiger partial charge >= 0.3 is 0 Å². The summed E-state index contributed by atoms with van der Waals surface area (Å²) in [4.78, 5) is 10.9. The lowest BCUT2D eigenvalue weighted by molar-refractivity contribution is 0.353. The summed E-state index contributed by atoms with van der Waals surface area (Å²) in [5, 5.41) is 0. The molecule has 1 atom stereocenters. The summed E-state index contributed by atoms with van der Waals surface area (Å²) < 4.78 is 36.4. The predicted molar refractivity (Wildman–Crippen MR) is 72.2 cm³/mol. The third kappa shape index (κ3) is 2.51. The van der Waals surface area contributed by atoms with Crippen LogP contribution in [0.15, 0.2) is 23.1 Å². The molecule has 1 aliphatic heterocycles. The lowest BCUT2D eigenvalue weighted by atomic mass is 10.2. The van der Waals surface area contributed by atoms with Gasteiger partial charge in [0, 0.05) is 12.6 Å². The van der Waals surface area contributed by atoms with E-state index in [0.717, 1.165) is 0 Å². The van der Waals surface area contributed by atoms with E-state index in [0.29, 0.717) is 30.9 Å². The summed E-state index contributed by atoms with van der Waals surface area (Å²) in [5.41, 5.74) is 0. The summed E-state index contributed by atoms with van der Waals surface area (Å²) in [6.07, 6.45) is 2.95. The van der Waals surface area contributed by atoms with Crippen LogP contribution in [-0.2, 0) is 14.8 Å². The SMILES string of the molecule is COc1ccc(S(=O)(=O)N2CCC[C@H]2[C]=O)cc1OC. The Hall–Kier alpha value is -1.60. The van der Waals surface area contributed by atoms with E-state index < -0.39 is 16.1 Å². The highest BCUT2D eigenvalue weighted by atomic mass is 32.2. The summed E-state index contributed by atoms with van der Waals surface area (Å²) in [6.45, 7) is 0.330. The van der Waals surface area contributed by atoms with E-state index in [1.165, 1.54) is 36.7 Å². The Balaban J connectivity index is 2.41. The van der Waals surface area contributed by atoms with E-state index >= 15 is 0 Å². The summed E-state index contributed by atoms with van der Waals surface area (Å²) in [6, 6.07) is 3.67. The minimum Gasteiger partial charge on any atom is -0.493 e. The predicted octanol–water partition coefficient (Wildman–Crippen LogP) is 0.967. The van der Waals surface area contributed by atoms with Gasteiger partial charge in [-0.15, -0.1) is 0 Å². The molecule has 20 heavy (non-hydrogen) atoms. The number of methoxy groups -OCH3 is 2. The van der Waals surface area contributed by atoms with Crippen LogP contribution in [0.1, 0.15) is 12.8 Å². The Morgan fingerprint density at radius 1 is 1.25 bits per heavy atom. The van der Waals surface area contributed by atoms with Crippen molar-refractivity contribution in [2.45, 2.75) is 23.8 Å². The molecule has 2 rings (SSSR count). The Morgan fingerprint density at radius 3 is 2.55 bits per heavy atom. The minimum absolute atomic E-state index is 0.0808. The number of hydrogen-bond donors (Lipinski definition) is 0. The molecule has 1 aliphatic rings. The Morgan fingerprint density at radius 2 is 1.95 bits per heavy atom. The highest BCUT2D eigenvalue weighted by molar-refractivity contribution is 7.89. The molecular formula is C13H16NO5S. The van der Waals surface area contributed by atoms with Crippen molar-refractivity contribution in [1.82, 2.24) is 4.31 Å². The fraction of sp³-hybridized carbons (Fsp3) is 0.462. The van der Waals surface area contributed by atoms with Crippen LogP contribution in [0, 0.1) is 0 Å². The molecule has 1 heterocycles. The maximum Gasteiger partial charge on any atom is 0.243 e. The number of hydrogen-bond acceptors (Lipinski definition) is 5. The molecule has 0 aromatic heterocycles. The van der Waals surface area contributed by atoms with Gasteiger partial charge in [-0.3, -0.25) is 4.79 Å². The largest absolute Gasteiger partial charge is 0.493 e. The van der Waals surface area contributed by atoms with Crippen LogP contribution in [0.4, 0.5) is 0 Å². The Kier molecular flexibility index (Phi) is 4.29. The molecule has 1 aromatic carbocycles. The first kappa shape index (κ1) is 14.8.